The molecule has 0 saturated carbocycles. The molecule has 0 radical (unpaired) electrons. The third-order valence-electron chi connectivity index (χ3n) is 5.09. The quantitative estimate of drug-likeness (QED) is 0.778. The Morgan fingerprint density at radius 1 is 1.12 bits per heavy atom. The van der Waals surface area contributed by atoms with Gasteiger partial charge in [0.2, 0.25) is 5.91 Å². The van der Waals surface area contributed by atoms with E-state index in [1.54, 1.807) is 0 Å². The highest BCUT2D eigenvalue weighted by Crippen LogP contribution is 2.27. The van der Waals surface area contributed by atoms with Gasteiger partial charge in [0.25, 0.3) is 0 Å². The van der Waals surface area contributed by atoms with Crippen LogP contribution in [0, 0.1) is 6.92 Å². The Labute approximate surface area is 153 Å². The molecular formula is C22H24N2O2. The van der Waals surface area contributed by atoms with Crippen molar-refractivity contribution >= 4 is 16.8 Å². The van der Waals surface area contributed by atoms with Gasteiger partial charge in [0.05, 0.1) is 13.0 Å². The van der Waals surface area contributed by atoms with Crippen LogP contribution >= 0.6 is 0 Å². The zero-order valence-electron chi connectivity index (χ0n) is 15.1. The van der Waals surface area contributed by atoms with Gasteiger partial charge in [-0.25, -0.2) is 0 Å². The number of hydrogen-bond acceptors (Lipinski definition) is 2. The first-order valence-corrected chi connectivity index (χ1v) is 9.26. The van der Waals surface area contributed by atoms with E-state index in [-0.39, 0.29) is 5.91 Å². The Kier molecular flexibility index (Phi) is 4.65. The molecule has 0 atom stereocenters. The zero-order chi connectivity index (χ0) is 17.9. The van der Waals surface area contributed by atoms with Crippen molar-refractivity contribution in [3.63, 3.8) is 0 Å². The number of aromatic amines is 1. The molecule has 1 aliphatic heterocycles. The summed E-state index contributed by atoms with van der Waals surface area (Å²) in [4.78, 5) is 18.1. The molecule has 4 rings (SSSR count). The monoisotopic (exact) mass is 348 g/mol. The van der Waals surface area contributed by atoms with E-state index in [1.165, 1.54) is 27.7 Å². The van der Waals surface area contributed by atoms with Gasteiger partial charge in [0, 0.05) is 36.1 Å². The number of aromatic nitrogens is 1. The number of aryl methyl sites for hydroxylation is 1. The normalized spacial score (nSPS) is 14.1. The minimum atomic E-state index is 0.173. The van der Waals surface area contributed by atoms with E-state index < -0.39 is 0 Å². The van der Waals surface area contributed by atoms with Crippen LogP contribution in [0.4, 0.5) is 0 Å². The van der Waals surface area contributed by atoms with Crippen molar-refractivity contribution < 1.29 is 9.53 Å². The van der Waals surface area contributed by atoms with Crippen LogP contribution < -0.4 is 4.74 Å². The average molecular weight is 348 g/mol. The van der Waals surface area contributed by atoms with Crippen LogP contribution in [0.5, 0.6) is 5.75 Å². The first-order valence-electron chi connectivity index (χ1n) is 9.26. The molecule has 1 aliphatic rings. The first kappa shape index (κ1) is 16.7. The number of nitrogens with zero attached hydrogens (tertiary/aromatic N) is 1. The van der Waals surface area contributed by atoms with E-state index in [2.05, 4.69) is 30.1 Å². The number of ether oxygens (including phenoxy) is 1. The van der Waals surface area contributed by atoms with Gasteiger partial charge < -0.3 is 14.6 Å². The van der Waals surface area contributed by atoms with Crippen LogP contribution in [0.15, 0.2) is 48.5 Å². The lowest BCUT2D eigenvalue weighted by molar-refractivity contribution is -0.131. The molecule has 26 heavy (non-hydrogen) atoms. The number of fused-ring (bicyclic) bond motifs is 3. The molecule has 2 heterocycles. The number of carbonyl (C=O) groups excluding carboxylic acids is 1. The van der Waals surface area contributed by atoms with Gasteiger partial charge in [-0.3, -0.25) is 4.79 Å². The van der Waals surface area contributed by atoms with E-state index in [9.17, 15) is 4.79 Å². The Bertz CT molecular complexity index is 915. The number of para-hydroxylation sites is 1. The summed E-state index contributed by atoms with van der Waals surface area (Å²) in [6, 6.07) is 16.2. The highest BCUT2D eigenvalue weighted by Gasteiger charge is 2.21. The largest absolute Gasteiger partial charge is 0.493 e. The van der Waals surface area contributed by atoms with E-state index >= 15 is 0 Å². The molecule has 0 fully saturated rings. The van der Waals surface area contributed by atoms with Crippen molar-refractivity contribution in [2.75, 3.05) is 19.7 Å². The van der Waals surface area contributed by atoms with Crippen molar-refractivity contribution in [2.24, 2.45) is 0 Å². The smallest absolute Gasteiger partial charge is 0.226 e. The number of hydrogen-bond donors (Lipinski definition) is 1. The fourth-order valence-electron chi connectivity index (χ4n) is 3.70. The molecule has 0 unspecified atom stereocenters. The molecule has 134 valence electrons. The van der Waals surface area contributed by atoms with Crippen LogP contribution in [0.3, 0.4) is 0 Å². The van der Waals surface area contributed by atoms with Crippen molar-refractivity contribution in [3.8, 4) is 5.75 Å². The molecule has 1 amide bonds. The minimum Gasteiger partial charge on any atom is -0.493 e. The highest BCUT2D eigenvalue weighted by molar-refractivity contribution is 5.85. The minimum absolute atomic E-state index is 0.173. The number of amides is 1. The highest BCUT2D eigenvalue weighted by atomic mass is 16.5. The molecule has 1 aromatic heterocycles. The summed E-state index contributed by atoms with van der Waals surface area (Å²) in [5, 5.41) is 1.31. The van der Waals surface area contributed by atoms with Crippen LogP contribution in [-0.4, -0.2) is 35.5 Å². The maximum atomic E-state index is 12.6. The lowest BCUT2D eigenvalue weighted by Crippen LogP contribution is -2.34. The van der Waals surface area contributed by atoms with Gasteiger partial charge in [0.15, 0.2) is 0 Å². The van der Waals surface area contributed by atoms with E-state index in [0.29, 0.717) is 13.0 Å². The second-order valence-corrected chi connectivity index (χ2v) is 6.92. The third kappa shape index (κ3) is 3.45. The van der Waals surface area contributed by atoms with Crippen molar-refractivity contribution in [2.45, 2.75) is 26.2 Å². The fourth-order valence-corrected chi connectivity index (χ4v) is 3.70. The van der Waals surface area contributed by atoms with Crippen LogP contribution in [0.2, 0.25) is 0 Å². The van der Waals surface area contributed by atoms with E-state index in [1.807, 2.05) is 35.2 Å². The molecule has 4 nitrogen and oxygen atoms in total. The molecular weight excluding hydrogens is 324 g/mol. The topological polar surface area (TPSA) is 45.3 Å². The van der Waals surface area contributed by atoms with Gasteiger partial charge in [-0.05, 0) is 43.2 Å². The molecule has 0 bridgehead atoms. The number of H-pyrrole nitrogens is 1. The average Bonchev–Trinajstić information content (AvgIpc) is 2.85. The maximum Gasteiger partial charge on any atom is 0.226 e. The maximum absolute atomic E-state index is 12.6. The zero-order valence-corrected chi connectivity index (χ0v) is 15.1. The summed E-state index contributed by atoms with van der Waals surface area (Å²) in [6.45, 7) is 4.09. The summed E-state index contributed by atoms with van der Waals surface area (Å²) in [5.74, 6) is 0.986. The number of benzene rings is 2. The first-order chi connectivity index (χ1) is 12.7. The van der Waals surface area contributed by atoms with Gasteiger partial charge in [-0.15, -0.1) is 0 Å². The fraction of sp³-hybridized carbons (Fsp3) is 0.318. The Balaban J connectivity index is 1.37. The molecule has 1 N–H and O–H groups in total. The number of carbonyl (C=O) groups is 1. The molecule has 0 saturated heterocycles. The summed E-state index contributed by atoms with van der Waals surface area (Å²) >= 11 is 0. The number of rotatable bonds is 4. The molecule has 3 aromatic rings. The second kappa shape index (κ2) is 7.24. The van der Waals surface area contributed by atoms with Crippen LogP contribution in [0.1, 0.15) is 23.2 Å². The van der Waals surface area contributed by atoms with Crippen LogP contribution in [-0.2, 0) is 17.6 Å². The lowest BCUT2D eigenvalue weighted by atomic mass is 10.1. The summed E-state index contributed by atoms with van der Waals surface area (Å²) in [7, 11) is 0. The molecule has 2 aromatic carbocycles. The molecule has 4 heteroatoms. The SMILES string of the molecule is Cc1ccc2[nH]c3c(c2c1)CCN(C(=O)CCOc1ccccc1)CC3. The third-order valence-corrected chi connectivity index (χ3v) is 5.09. The summed E-state index contributed by atoms with van der Waals surface area (Å²) in [6.07, 6.45) is 2.21. The predicted octanol–water partition coefficient (Wildman–Crippen LogP) is 3.87. The Hall–Kier alpha value is -2.75. The van der Waals surface area contributed by atoms with Gasteiger partial charge in [0.1, 0.15) is 5.75 Å². The van der Waals surface area contributed by atoms with Crippen molar-refractivity contribution in [1.82, 2.24) is 9.88 Å². The van der Waals surface area contributed by atoms with Crippen molar-refractivity contribution in [1.29, 1.82) is 0 Å². The molecule has 0 aliphatic carbocycles. The Morgan fingerprint density at radius 2 is 1.92 bits per heavy atom. The van der Waals surface area contributed by atoms with Gasteiger partial charge in [-0.1, -0.05) is 29.8 Å². The van der Waals surface area contributed by atoms with E-state index in [4.69, 9.17) is 4.74 Å². The second-order valence-electron chi connectivity index (χ2n) is 6.92. The Morgan fingerprint density at radius 3 is 2.77 bits per heavy atom. The van der Waals surface area contributed by atoms with Crippen molar-refractivity contribution in [3.05, 3.63) is 65.4 Å². The van der Waals surface area contributed by atoms with E-state index in [0.717, 1.165) is 31.7 Å². The van der Waals surface area contributed by atoms with Gasteiger partial charge in [-0.2, -0.15) is 0 Å². The summed E-state index contributed by atoms with van der Waals surface area (Å²) in [5.41, 5.74) is 5.13. The predicted molar refractivity (Wildman–Crippen MR) is 104 cm³/mol. The lowest BCUT2D eigenvalue weighted by Gasteiger charge is -2.20. The number of nitrogens with one attached hydrogen (secondary N) is 1. The van der Waals surface area contributed by atoms with Gasteiger partial charge >= 0.3 is 0 Å². The summed E-state index contributed by atoms with van der Waals surface area (Å²) < 4.78 is 5.66. The molecule has 0 spiro atoms. The standard InChI is InChI=1S/C22H24N2O2/c1-16-7-8-20-19(15-16)18-9-12-24(13-10-21(18)23-20)22(25)11-14-26-17-5-3-2-4-6-17/h2-8,15,23H,9-14H2,1H3. The van der Waals surface area contributed by atoms with Crippen LogP contribution in [0.25, 0.3) is 10.9 Å².